The highest BCUT2D eigenvalue weighted by Gasteiger charge is 2.47. The molecule has 0 amide bonds. The SMILES string of the molecule is CC1CC2CC(C1)CC([n+]1ccn(C34CCCC(CC(C)C3)C4)c1)C2. The Kier molecular flexibility index (Phi) is 4.02. The summed E-state index contributed by atoms with van der Waals surface area (Å²) in [6.45, 7) is 4.97. The van der Waals surface area contributed by atoms with E-state index in [1.54, 1.807) is 0 Å². The second kappa shape index (κ2) is 6.13. The van der Waals surface area contributed by atoms with Crippen molar-refractivity contribution in [1.29, 1.82) is 0 Å². The van der Waals surface area contributed by atoms with E-state index in [9.17, 15) is 0 Å². The van der Waals surface area contributed by atoms with Crippen LogP contribution in [0.15, 0.2) is 18.7 Å². The normalized spacial score (nSPS) is 46.8. The Hall–Kier alpha value is -0.790. The van der Waals surface area contributed by atoms with Gasteiger partial charge in [0.2, 0.25) is 6.33 Å². The molecular weight excluding hydrogens is 304 g/mol. The molecule has 0 spiro atoms. The number of fused-ring (bicyclic) bond motifs is 4. The number of hydrogen-bond acceptors (Lipinski definition) is 0. The van der Waals surface area contributed by atoms with Gasteiger partial charge in [0.15, 0.2) is 0 Å². The largest absolute Gasteiger partial charge is 0.244 e. The molecule has 4 bridgehead atoms. The minimum absolute atomic E-state index is 0.449. The number of hydrogen-bond donors (Lipinski definition) is 0. The van der Waals surface area contributed by atoms with Crippen LogP contribution in [0.4, 0.5) is 0 Å². The summed E-state index contributed by atoms with van der Waals surface area (Å²) >= 11 is 0. The Balaban J connectivity index is 1.37. The summed E-state index contributed by atoms with van der Waals surface area (Å²) < 4.78 is 5.29. The van der Waals surface area contributed by atoms with Gasteiger partial charge in [0.1, 0.15) is 24.0 Å². The van der Waals surface area contributed by atoms with Crippen LogP contribution in [0.3, 0.4) is 0 Å². The maximum atomic E-state index is 2.67. The van der Waals surface area contributed by atoms with Crippen LogP contribution in [0.5, 0.6) is 0 Å². The zero-order valence-electron chi connectivity index (χ0n) is 16.4. The Morgan fingerprint density at radius 2 is 1.64 bits per heavy atom. The lowest BCUT2D eigenvalue weighted by Gasteiger charge is -2.45. The molecule has 25 heavy (non-hydrogen) atoms. The monoisotopic (exact) mass is 341 g/mol. The minimum atomic E-state index is 0.449. The molecule has 5 rings (SSSR count). The van der Waals surface area contributed by atoms with E-state index in [0.717, 1.165) is 35.6 Å². The fourth-order valence-electron chi connectivity index (χ4n) is 7.75. The van der Waals surface area contributed by atoms with E-state index >= 15 is 0 Å². The summed E-state index contributed by atoms with van der Waals surface area (Å²) in [7, 11) is 0. The number of aromatic nitrogens is 2. The Morgan fingerprint density at radius 1 is 0.880 bits per heavy atom. The molecule has 5 unspecified atom stereocenters. The number of rotatable bonds is 2. The van der Waals surface area contributed by atoms with Crippen molar-refractivity contribution in [2.45, 2.75) is 96.1 Å². The van der Waals surface area contributed by atoms with E-state index in [4.69, 9.17) is 0 Å². The highest BCUT2D eigenvalue weighted by Crippen LogP contribution is 2.50. The predicted octanol–water partition coefficient (Wildman–Crippen LogP) is 5.48. The predicted molar refractivity (Wildman–Crippen MR) is 101 cm³/mol. The van der Waals surface area contributed by atoms with Gasteiger partial charge < -0.3 is 0 Å². The molecule has 1 heterocycles. The molecule has 0 aromatic carbocycles. The van der Waals surface area contributed by atoms with Crippen molar-refractivity contribution >= 4 is 0 Å². The summed E-state index contributed by atoms with van der Waals surface area (Å²) in [6, 6.07) is 0.773. The first-order chi connectivity index (χ1) is 12.1. The molecule has 5 atom stereocenters. The van der Waals surface area contributed by atoms with Crippen LogP contribution in [0.25, 0.3) is 0 Å². The van der Waals surface area contributed by atoms with Crippen molar-refractivity contribution in [3.8, 4) is 0 Å². The van der Waals surface area contributed by atoms with Gasteiger partial charge in [-0.25, -0.2) is 9.13 Å². The lowest BCUT2D eigenvalue weighted by atomic mass is 9.64. The third-order valence-corrected chi connectivity index (χ3v) is 8.36. The highest BCUT2D eigenvalue weighted by molar-refractivity contribution is 4.99. The van der Waals surface area contributed by atoms with Crippen molar-refractivity contribution in [2.24, 2.45) is 29.6 Å². The lowest BCUT2D eigenvalue weighted by molar-refractivity contribution is -0.727. The number of nitrogens with zero attached hydrogens (tertiary/aromatic N) is 2. The summed E-state index contributed by atoms with van der Waals surface area (Å²) in [5.41, 5.74) is 0.449. The molecule has 2 nitrogen and oxygen atoms in total. The average molecular weight is 342 g/mol. The first-order valence-electron chi connectivity index (χ1n) is 11.2. The highest BCUT2D eigenvalue weighted by atomic mass is 15.2. The molecule has 0 N–H and O–H groups in total. The first kappa shape index (κ1) is 16.4. The second-order valence-corrected chi connectivity index (χ2v) is 10.7. The maximum Gasteiger partial charge on any atom is 0.244 e. The van der Waals surface area contributed by atoms with Crippen LogP contribution in [0.1, 0.15) is 90.5 Å². The zero-order chi connectivity index (χ0) is 17.0. The van der Waals surface area contributed by atoms with Crippen LogP contribution in [-0.2, 0) is 5.54 Å². The van der Waals surface area contributed by atoms with Crippen LogP contribution in [-0.4, -0.2) is 4.57 Å². The lowest BCUT2D eigenvalue weighted by Crippen LogP contribution is -2.47. The first-order valence-corrected chi connectivity index (χ1v) is 11.2. The average Bonchev–Trinajstić information content (AvgIpc) is 3.04. The van der Waals surface area contributed by atoms with Crippen molar-refractivity contribution in [1.82, 2.24) is 4.57 Å². The van der Waals surface area contributed by atoms with Gasteiger partial charge in [-0.3, -0.25) is 0 Å². The van der Waals surface area contributed by atoms with Crippen LogP contribution < -0.4 is 4.57 Å². The maximum absolute atomic E-state index is 2.67. The third kappa shape index (κ3) is 2.98. The van der Waals surface area contributed by atoms with Crippen molar-refractivity contribution in [3.05, 3.63) is 18.7 Å². The van der Waals surface area contributed by atoms with E-state index < -0.39 is 0 Å². The van der Waals surface area contributed by atoms with Crippen LogP contribution in [0, 0.1) is 29.6 Å². The molecule has 4 saturated carbocycles. The van der Waals surface area contributed by atoms with Gasteiger partial charge in [0.05, 0.1) is 0 Å². The van der Waals surface area contributed by atoms with Crippen LogP contribution in [0.2, 0.25) is 0 Å². The fourth-order valence-corrected chi connectivity index (χ4v) is 7.75. The quantitative estimate of drug-likeness (QED) is 0.630. The van der Waals surface area contributed by atoms with Gasteiger partial charge in [0, 0.05) is 0 Å². The molecule has 4 aliphatic carbocycles. The van der Waals surface area contributed by atoms with Crippen LogP contribution >= 0.6 is 0 Å². The molecule has 0 aliphatic heterocycles. The topological polar surface area (TPSA) is 8.81 Å². The van der Waals surface area contributed by atoms with Crippen molar-refractivity contribution in [3.63, 3.8) is 0 Å². The minimum Gasteiger partial charge on any atom is -0.234 e. The smallest absolute Gasteiger partial charge is 0.234 e. The Labute approximate surface area is 154 Å². The third-order valence-electron chi connectivity index (χ3n) is 8.36. The van der Waals surface area contributed by atoms with Crippen molar-refractivity contribution in [2.75, 3.05) is 0 Å². The fraction of sp³-hybridized carbons (Fsp3) is 0.870. The van der Waals surface area contributed by atoms with Gasteiger partial charge in [-0.1, -0.05) is 20.3 Å². The molecule has 138 valence electrons. The van der Waals surface area contributed by atoms with E-state index in [0.29, 0.717) is 5.54 Å². The van der Waals surface area contributed by atoms with Crippen molar-refractivity contribution < 1.29 is 4.57 Å². The summed E-state index contributed by atoms with van der Waals surface area (Å²) in [4.78, 5) is 0. The molecule has 4 fully saturated rings. The van der Waals surface area contributed by atoms with Gasteiger partial charge in [0.25, 0.3) is 0 Å². The Bertz CT molecular complexity index is 597. The molecule has 4 aliphatic rings. The van der Waals surface area contributed by atoms with Gasteiger partial charge in [-0.2, -0.15) is 0 Å². The number of imidazole rings is 1. The van der Waals surface area contributed by atoms with Gasteiger partial charge >= 0.3 is 0 Å². The zero-order valence-corrected chi connectivity index (χ0v) is 16.4. The molecule has 0 saturated heterocycles. The summed E-state index contributed by atoms with van der Waals surface area (Å²) in [6.07, 6.45) is 23.4. The second-order valence-electron chi connectivity index (χ2n) is 10.7. The van der Waals surface area contributed by atoms with E-state index in [2.05, 4.69) is 41.7 Å². The van der Waals surface area contributed by atoms with E-state index in [-0.39, 0.29) is 0 Å². The molecule has 1 aromatic rings. The molecule has 2 heteroatoms. The van der Waals surface area contributed by atoms with E-state index in [1.807, 2.05) is 0 Å². The standard InChI is InChI=1S/C23H37N2/c1-17-8-20-11-21(9-17)13-22(12-20)24-6-7-25(16-24)23-5-3-4-19(15-23)10-18(2)14-23/h6-7,16-22H,3-5,8-15H2,1-2H3/q+1. The summed E-state index contributed by atoms with van der Waals surface area (Å²) in [5, 5.41) is 0. The molecule has 1 aromatic heterocycles. The molecular formula is C23H37N2+. The van der Waals surface area contributed by atoms with E-state index in [1.165, 1.54) is 70.6 Å². The van der Waals surface area contributed by atoms with Gasteiger partial charge in [-0.15, -0.1) is 0 Å². The Morgan fingerprint density at radius 3 is 2.44 bits per heavy atom. The van der Waals surface area contributed by atoms with Gasteiger partial charge in [-0.05, 0) is 93.8 Å². The molecule has 0 radical (unpaired) electrons. The summed E-state index contributed by atoms with van der Waals surface area (Å²) in [5.74, 6) is 4.86.